The number of aliphatic hydroxyl groups excluding tert-OH is 1. The van der Waals surface area contributed by atoms with Gasteiger partial charge in [-0.2, -0.15) is 4.98 Å². The summed E-state index contributed by atoms with van der Waals surface area (Å²) in [4.78, 5) is 21.4. The average Bonchev–Trinajstić information content (AvgIpc) is 2.76. The SMILES string of the molecule is O=c1c(-c2ccccc2Cl)cc2cnc(S(=O)(=O)Cc3ccccc3)nc2n1CCO. The maximum absolute atomic E-state index is 13.2. The molecule has 0 aliphatic heterocycles. The number of hydrogen-bond donors (Lipinski definition) is 1. The first-order valence-corrected chi connectivity index (χ1v) is 11.5. The lowest BCUT2D eigenvalue weighted by Gasteiger charge is -2.13. The molecule has 1 N–H and O–H groups in total. The molecule has 2 aromatic carbocycles. The molecule has 31 heavy (non-hydrogen) atoms. The van der Waals surface area contributed by atoms with E-state index in [-0.39, 0.29) is 29.7 Å². The van der Waals surface area contributed by atoms with Crippen molar-refractivity contribution in [2.24, 2.45) is 0 Å². The molecule has 0 unspecified atom stereocenters. The van der Waals surface area contributed by atoms with E-state index < -0.39 is 15.4 Å². The van der Waals surface area contributed by atoms with Gasteiger partial charge in [-0.15, -0.1) is 0 Å². The fraction of sp³-hybridized carbons (Fsp3) is 0.136. The Morgan fingerprint density at radius 2 is 1.71 bits per heavy atom. The number of rotatable bonds is 6. The van der Waals surface area contributed by atoms with E-state index >= 15 is 0 Å². The van der Waals surface area contributed by atoms with E-state index in [9.17, 15) is 18.3 Å². The highest BCUT2D eigenvalue weighted by Gasteiger charge is 2.21. The van der Waals surface area contributed by atoms with Crippen molar-refractivity contribution in [3.05, 3.63) is 87.8 Å². The standard InChI is InChI=1S/C22H18ClN3O4S/c23-19-9-5-4-8-17(19)18-12-16-13-24-22(25-20(16)26(10-11-27)21(18)28)31(29,30)14-15-6-2-1-3-7-15/h1-9,12-13,27H,10-11,14H2. The quantitative estimate of drug-likeness (QED) is 0.448. The molecule has 2 heterocycles. The number of nitrogens with zero attached hydrogens (tertiary/aromatic N) is 3. The van der Waals surface area contributed by atoms with Crippen molar-refractivity contribution in [3.8, 4) is 11.1 Å². The summed E-state index contributed by atoms with van der Waals surface area (Å²) in [7, 11) is -3.84. The van der Waals surface area contributed by atoms with Gasteiger partial charge in [-0.25, -0.2) is 13.4 Å². The molecule has 0 aliphatic rings. The molecule has 0 radical (unpaired) electrons. The van der Waals surface area contributed by atoms with E-state index in [1.54, 1.807) is 60.7 Å². The van der Waals surface area contributed by atoms with Crippen LogP contribution in [0.5, 0.6) is 0 Å². The topological polar surface area (TPSA) is 102 Å². The van der Waals surface area contributed by atoms with Gasteiger partial charge in [0.2, 0.25) is 15.0 Å². The van der Waals surface area contributed by atoms with Crippen LogP contribution in [0.15, 0.2) is 76.8 Å². The van der Waals surface area contributed by atoms with E-state index in [2.05, 4.69) is 9.97 Å². The third-order valence-electron chi connectivity index (χ3n) is 4.77. The molecule has 0 saturated heterocycles. The van der Waals surface area contributed by atoms with Crippen molar-refractivity contribution in [2.45, 2.75) is 17.5 Å². The smallest absolute Gasteiger partial charge is 0.260 e. The Morgan fingerprint density at radius 3 is 2.42 bits per heavy atom. The highest BCUT2D eigenvalue weighted by atomic mass is 35.5. The van der Waals surface area contributed by atoms with Crippen LogP contribution in [0.3, 0.4) is 0 Å². The normalized spacial score (nSPS) is 11.7. The minimum absolute atomic E-state index is 0.0528. The lowest BCUT2D eigenvalue weighted by Crippen LogP contribution is -2.25. The zero-order chi connectivity index (χ0) is 22.0. The van der Waals surface area contributed by atoms with Gasteiger partial charge in [0.1, 0.15) is 5.65 Å². The summed E-state index contributed by atoms with van der Waals surface area (Å²) >= 11 is 6.27. The number of aromatic nitrogens is 3. The third-order valence-corrected chi connectivity index (χ3v) is 6.57. The number of halogens is 1. The molecule has 7 nitrogen and oxygen atoms in total. The summed E-state index contributed by atoms with van der Waals surface area (Å²) in [6.45, 7) is -0.375. The summed E-state index contributed by atoms with van der Waals surface area (Å²) < 4.78 is 27.0. The predicted octanol–water partition coefficient (Wildman–Crippen LogP) is 3.08. The summed E-state index contributed by atoms with van der Waals surface area (Å²) in [6, 6.07) is 17.2. The minimum Gasteiger partial charge on any atom is -0.395 e. The molecule has 0 saturated carbocycles. The van der Waals surface area contributed by atoms with Gasteiger partial charge in [0.05, 0.1) is 18.9 Å². The van der Waals surface area contributed by atoms with Gasteiger partial charge in [-0.1, -0.05) is 60.1 Å². The van der Waals surface area contributed by atoms with Gasteiger partial charge in [0.25, 0.3) is 5.56 Å². The van der Waals surface area contributed by atoms with E-state index in [0.29, 0.717) is 27.1 Å². The van der Waals surface area contributed by atoms with Crippen molar-refractivity contribution in [3.63, 3.8) is 0 Å². The van der Waals surface area contributed by atoms with Crippen LogP contribution in [0, 0.1) is 0 Å². The van der Waals surface area contributed by atoms with Crippen LogP contribution >= 0.6 is 11.6 Å². The van der Waals surface area contributed by atoms with Crippen molar-refractivity contribution >= 4 is 32.5 Å². The fourth-order valence-corrected chi connectivity index (χ4v) is 4.77. The number of aliphatic hydroxyl groups is 1. The highest BCUT2D eigenvalue weighted by molar-refractivity contribution is 7.90. The largest absolute Gasteiger partial charge is 0.395 e. The molecule has 0 spiro atoms. The fourth-order valence-electron chi connectivity index (χ4n) is 3.33. The molecule has 4 aromatic rings. The Morgan fingerprint density at radius 1 is 1.00 bits per heavy atom. The van der Waals surface area contributed by atoms with Crippen molar-refractivity contribution in [1.82, 2.24) is 14.5 Å². The second kappa shape index (κ2) is 8.58. The number of fused-ring (bicyclic) bond motifs is 1. The number of sulfone groups is 1. The Bertz CT molecular complexity index is 1420. The first-order valence-electron chi connectivity index (χ1n) is 9.44. The predicted molar refractivity (Wildman–Crippen MR) is 119 cm³/mol. The Kier molecular flexibility index (Phi) is 5.86. The number of benzene rings is 2. The zero-order valence-electron chi connectivity index (χ0n) is 16.3. The maximum atomic E-state index is 13.2. The number of hydrogen-bond acceptors (Lipinski definition) is 6. The molecule has 158 valence electrons. The second-order valence-corrected chi connectivity index (χ2v) is 9.18. The maximum Gasteiger partial charge on any atom is 0.260 e. The molecule has 0 atom stereocenters. The van der Waals surface area contributed by atoms with Crippen molar-refractivity contribution in [1.29, 1.82) is 0 Å². The molecule has 0 fully saturated rings. The van der Waals surface area contributed by atoms with Crippen LogP contribution in [0.25, 0.3) is 22.2 Å². The molecule has 0 bridgehead atoms. The summed E-state index contributed by atoms with van der Waals surface area (Å²) in [5.41, 5.74) is 1.16. The van der Waals surface area contributed by atoms with Crippen molar-refractivity contribution < 1.29 is 13.5 Å². The number of pyridine rings is 1. The van der Waals surface area contributed by atoms with Crippen LogP contribution in [0.2, 0.25) is 5.02 Å². The molecule has 9 heteroatoms. The Balaban J connectivity index is 1.88. The van der Waals surface area contributed by atoms with Crippen LogP contribution in [-0.4, -0.2) is 34.7 Å². The molecule has 0 amide bonds. The Labute approximate surface area is 183 Å². The molecule has 0 aliphatic carbocycles. The first-order chi connectivity index (χ1) is 14.9. The Hall–Kier alpha value is -3.07. The van der Waals surface area contributed by atoms with E-state index in [1.807, 2.05) is 0 Å². The summed E-state index contributed by atoms with van der Waals surface area (Å²) in [5, 5.41) is 9.98. The van der Waals surface area contributed by atoms with Crippen molar-refractivity contribution in [2.75, 3.05) is 6.61 Å². The van der Waals surface area contributed by atoms with Gasteiger partial charge in [0.15, 0.2) is 0 Å². The summed E-state index contributed by atoms with van der Waals surface area (Å²) in [5.74, 6) is -0.263. The monoisotopic (exact) mass is 455 g/mol. The van der Waals surface area contributed by atoms with Crippen LogP contribution in [0.4, 0.5) is 0 Å². The van der Waals surface area contributed by atoms with E-state index in [0.717, 1.165) is 0 Å². The molecule has 2 aromatic heterocycles. The highest BCUT2D eigenvalue weighted by Crippen LogP contribution is 2.27. The van der Waals surface area contributed by atoms with E-state index in [1.165, 1.54) is 10.8 Å². The van der Waals surface area contributed by atoms with Gasteiger partial charge in [-0.05, 0) is 17.7 Å². The van der Waals surface area contributed by atoms with Crippen LogP contribution < -0.4 is 5.56 Å². The second-order valence-electron chi connectivity index (χ2n) is 6.89. The molecule has 4 rings (SSSR count). The lowest BCUT2D eigenvalue weighted by atomic mass is 10.1. The molecular formula is C22H18ClN3O4S. The van der Waals surface area contributed by atoms with Crippen LogP contribution in [-0.2, 0) is 22.1 Å². The van der Waals surface area contributed by atoms with Gasteiger partial charge >= 0.3 is 0 Å². The summed E-state index contributed by atoms with van der Waals surface area (Å²) in [6.07, 6.45) is 1.37. The first kappa shape index (κ1) is 21.2. The van der Waals surface area contributed by atoms with E-state index in [4.69, 9.17) is 11.6 Å². The third kappa shape index (κ3) is 4.23. The molecular weight excluding hydrogens is 438 g/mol. The van der Waals surface area contributed by atoms with Gasteiger partial charge < -0.3 is 5.11 Å². The lowest BCUT2D eigenvalue weighted by molar-refractivity contribution is 0.276. The van der Waals surface area contributed by atoms with Crippen LogP contribution in [0.1, 0.15) is 5.56 Å². The average molecular weight is 456 g/mol. The van der Waals surface area contributed by atoms with Gasteiger partial charge in [0, 0.05) is 27.7 Å². The van der Waals surface area contributed by atoms with Gasteiger partial charge in [-0.3, -0.25) is 9.36 Å². The minimum atomic E-state index is -3.84. The zero-order valence-corrected chi connectivity index (χ0v) is 17.8.